The molecule has 2 fully saturated rings. The number of rotatable bonds is 5. The molecule has 1 aliphatic heterocycles. The monoisotopic (exact) mass is 285 g/mol. The molecular formula is C13H20ClN3S. The number of hydrogen-bond acceptors (Lipinski definition) is 4. The summed E-state index contributed by atoms with van der Waals surface area (Å²) in [7, 11) is 0. The van der Waals surface area contributed by atoms with Crippen LogP contribution in [0.25, 0.3) is 0 Å². The zero-order valence-electron chi connectivity index (χ0n) is 10.6. The first-order valence-electron chi connectivity index (χ1n) is 6.81. The van der Waals surface area contributed by atoms with Gasteiger partial charge in [0.25, 0.3) is 0 Å². The van der Waals surface area contributed by atoms with Crippen molar-refractivity contribution in [2.24, 2.45) is 0 Å². The summed E-state index contributed by atoms with van der Waals surface area (Å²) in [5, 5.41) is 3.31. The number of nitrogens with zero attached hydrogens (tertiary/aromatic N) is 3. The topological polar surface area (TPSA) is 19.4 Å². The normalized spacial score (nSPS) is 22.5. The maximum atomic E-state index is 5.77. The van der Waals surface area contributed by atoms with Crippen LogP contribution in [0.5, 0.6) is 0 Å². The molecule has 1 saturated heterocycles. The molecule has 0 radical (unpaired) electrons. The largest absolute Gasteiger partial charge is 0.300 e. The Kier molecular flexibility index (Phi) is 4.19. The van der Waals surface area contributed by atoms with Gasteiger partial charge in [0.05, 0.1) is 16.6 Å². The van der Waals surface area contributed by atoms with Crippen LogP contribution in [0.3, 0.4) is 0 Å². The van der Waals surface area contributed by atoms with Gasteiger partial charge in [-0.25, -0.2) is 4.98 Å². The van der Waals surface area contributed by atoms with Crippen molar-refractivity contribution < 1.29 is 0 Å². The third-order valence-corrected chi connectivity index (χ3v) is 5.08. The molecule has 0 N–H and O–H groups in total. The van der Waals surface area contributed by atoms with E-state index in [0.717, 1.165) is 24.7 Å². The van der Waals surface area contributed by atoms with Crippen LogP contribution >= 0.6 is 22.9 Å². The highest BCUT2D eigenvalue weighted by Gasteiger charge is 2.30. The van der Waals surface area contributed by atoms with Gasteiger partial charge >= 0.3 is 0 Å². The van der Waals surface area contributed by atoms with E-state index in [-0.39, 0.29) is 0 Å². The van der Waals surface area contributed by atoms with Crippen molar-refractivity contribution in [2.45, 2.75) is 31.2 Å². The van der Waals surface area contributed by atoms with Gasteiger partial charge in [-0.05, 0) is 12.8 Å². The van der Waals surface area contributed by atoms with Crippen molar-refractivity contribution in [1.82, 2.24) is 14.8 Å². The van der Waals surface area contributed by atoms with E-state index < -0.39 is 0 Å². The summed E-state index contributed by atoms with van der Waals surface area (Å²) in [5.74, 6) is 0.538. The molecule has 18 heavy (non-hydrogen) atoms. The molecule has 0 amide bonds. The lowest BCUT2D eigenvalue weighted by molar-refractivity contribution is 0.127. The van der Waals surface area contributed by atoms with Crippen molar-refractivity contribution in [2.75, 3.05) is 32.7 Å². The van der Waals surface area contributed by atoms with E-state index in [2.05, 4.69) is 20.2 Å². The van der Waals surface area contributed by atoms with Gasteiger partial charge < -0.3 is 4.90 Å². The maximum Gasteiger partial charge on any atom is 0.0941 e. The van der Waals surface area contributed by atoms with E-state index >= 15 is 0 Å². The van der Waals surface area contributed by atoms with Crippen molar-refractivity contribution in [1.29, 1.82) is 0 Å². The Morgan fingerprint density at radius 3 is 2.67 bits per heavy atom. The van der Waals surface area contributed by atoms with E-state index in [4.69, 9.17) is 11.6 Å². The zero-order chi connectivity index (χ0) is 12.4. The van der Waals surface area contributed by atoms with Crippen LogP contribution in [-0.2, 0) is 12.3 Å². The van der Waals surface area contributed by atoms with Crippen molar-refractivity contribution in [3.63, 3.8) is 0 Å². The fourth-order valence-corrected chi connectivity index (χ4v) is 3.59. The molecule has 0 atom stereocenters. The summed E-state index contributed by atoms with van der Waals surface area (Å²) in [5.41, 5.74) is 1.02. The molecule has 3 rings (SSSR count). The highest BCUT2D eigenvalue weighted by atomic mass is 35.5. The minimum atomic E-state index is 0.538. The van der Waals surface area contributed by atoms with Gasteiger partial charge in [0.2, 0.25) is 0 Å². The lowest BCUT2D eigenvalue weighted by atomic mass is 10.3. The Balaban J connectivity index is 1.41. The highest BCUT2D eigenvalue weighted by Crippen LogP contribution is 2.27. The maximum absolute atomic E-state index is 5.77. The molecule has 0 bridgehead atoms. The number of piperazine rings is 1. The fraction of sp³-hybridized carbons (Fsp3) is 0.769. The first-order valence-corrected chi connectivity index (χ1v) is 8.22. The second kappa shape index (κ2) is 5.87. The van der Waals surface area contributed by atoms with Crippen LogP contribution in [0, 0.1) is 0 Å². The Hall–Kier alpha value is -0.160. The summed E-state index contributed by atoms with van der Waals surface area (Å²) in [6.45, 7) is 6.12. The Morgan fingerprint density at radius 2 is 2.06 bits per heavy atom. The quantitative estimate of drug-likeness (QED) is 0.773. The van der Waals surface area contributed by atoms with Crippen LogP contribution < -0.4 is 0 Å². The van der Waals surface area contributed by atoms with Crippen LogP contribution in [0.15, 0.2) is 5.38 Å². The SMILES string of the molecule is ClCc1csc(CCN2CCN(C3CC3)CC2)n1. The molecule has 2 heterocycles. The number of alkyl halides is 1. The lowest BCUT2D eigenvalue weighted by Crippen LogP contribution is -2.47. The summed E-state index contributed by atoms with van der Waals surface area (Å²) in [6, 6.07) is 0.928. The second-order valence-corrected chi connectivity index (χ2v) is 6.43. The van der Waals surface area contributed by atoms with Gasteiger partial charge in [-0.15, -0.1) is 22.9 Å². The van der Waals surface area contributed by atoms with Crippen LogP contribution in [0.2, 0.25) is 0 Å². The molecule has 0 aromatic carbocycles. The van der Waals surface area contributed by atoms with E-state index in [0.29, 0.717) is 5.88 Å². The van der Waals surface area contributed by atoms with Crippen molar-refractivity contribution >= 4 is 22.9 Å². The minimum Gasteiger partial charge on any atom is -0.300 e. The second-order valence-electron chi connectivity index (χ2n) is 5.22. The predicted octanol–water partition coefficient (Wildman–Crippen LogP) is 2.20. The minimum absolute atomic E-state index is 0.538. The Morgan fingerprint density at radius 1 is 1.28 bits per heavy atom. The standard InChI is InChI=1S/C13H20ClN3S/c14-9-11-10-18-13(15-11)3-4-16-5-7-17(8-6-16)12-1-2-12/h10,12H,1-9H2. The summed E-state index contributed by atoms with van der Waals surface area (Å²) >= 11 is 7.51. The van der Waals surface area contributed by atoms with E-state index in [1.54, 1.807) is 11.3 Å². The predicted molar refractivity (Wildman–Crippen MR) is 76.4 cm³/mol. The Bertz CT molecular complexity index is 383. The van der Waals surface area contributed by atoms with Gasteiger partial charge in [-0.2, -0.15) is 0 Å². The zero-order valence-corrected chi connectivity index (χ0v) is 12.2. The summed E-state index contributed by atoms with van der Waals surface area (Å²) < 4.78 is 0. The molecule has 100 valence electrons. The molecule has 3 nitrogen and oxygen atoms in total. The molecule has 0 spiro atoms. The molecule has 1 aromatic heterocycles. The first-order chi connectivity index (χ1) is 8.85. The van der Waals surface area contributed by atoms with Crippen LogP contribution in [0.1, 0.15) is 23.5 Å². The lowest BCUT2D eigenvalue weighted by Gasteiger charge is -2.34. The van der Waals surface area contributed by atoms with E-state index in [1.165, 1.54) is 44.0 Å². The van der Waals surface area contributed by atoms with Gasteiger partial charge in [-0.1, -0.05) is 0 Å². The average Bonchev–Trinajstić information content (AvgIpc) is 3.16. The average molecular weight is 286 g/mol. The third-order valence-electron chi connectivity index (χ3n) is 3.85. The Labute approximate surface area is 118 Å². The van der Waals surface area contributed by atoms with Crippen molar-refractivity contribution in [3.05, 3.63) is 16.1 Å². The molecule has 5 heteroatoms. The molecule has 1 aromatic rings. The third kappa shape index (κ3) is 3.23. The summed E-state index contributed by atoms with van der Waals surface area (Å²) in [4.78, 5) is 9.74. The molecule has 0 unspecified atom stereocenters. The van der Waals surface area contributed by atoms with E-state index in [1.807, 2.05) is 0 Å². The molecule has 1 saturated carbocycles. The highest BCUT2D eigenvalue weighted by molar-refractivity contribution is 7.09. The van der Waals surface area contributed by atoms with Crippen LogP contribution in [-0.4, -0.2) is 53.5 Å². The smallest absolute Gasteiger partial charge is 0.0941 e. The number of thiazole rings is 1. The number of aromatic nitrogens is 1. The van der Waals surface area contributed by atoms with Gasteiger partial charge in [0.1, 0.15) is 0 Å². The van der Waals surface area contributed by atoms with Crippen LogP contribution in [0.4, 0.5) is 0 Å². The van der Waals surface area contributed by atoms with Crippen molar-refractivity contribution in [3.8, 4) is 0 Å². The molecular weight excluding hydrogens is 266 g/mol. The molecule has 2 aliphatic rings. The first kappa shape index (κ1) is 12.9. The molecule has 1 aliphatic carbocycles. The van der Waals surface area contributed by atoms with Gasteiger partial charge in [0, 0.05) is 50.6 Å². The summed E-state index contributed by atoms with van der Waals surface area (Å²) in [6.07, 6.45) is 3.94. The fourth-order valence-electron chi connectivity index (χ4n) is 2.57. The van der Waals surface area contributed by atoms with Gasteiger partial charge in [-0.3, -0.25) is 4.90 Å². The van der Waals surface area contributed by atoms with E-state index in [9.17, 15) is 0 Å². The number of halogens is 1. The van der Waals surface area contributed by atoms with Gasteiger partial charge in [0.15, 0.2) is 0 Å². The number of hydrogen-bond donors (Lipinski definition) is 0.